The van der Waals surface area contributed by atoms with Crippen molar-refractivity contribution in [1.82, 2.24) is 5.48 Å². The highest BCUT2D eigenvalue weighted by Crippen LogP contribution is 2.24. The number of benzene rings is 3. The molecule has 0 saturated heterocycles. The largest absolute Gasteiger partial charge is 0.491 e. The fourth-order valence-corrected chi connectivity index (χ4v) is 3.26. The zero-order chi connectivity index (χ0) is 22.1. The first-order chi connectivity index (χ1) is 15.1. The van der Waals surface area contributed by atoms with Crippen LogP contribution in [0.5, 0.6) is 5.75 Å². The van der Waals surface area contributed by atoms with Gasteiger partial charge >= 0.3 is 5.97 Å². The molecule has 0 saturated carbocycles. The highest BCUT2D eigenvalue weighted by Gasteiger charge is 2.05. The maximum atomic E-state index is 10.8. The van der Waals surface area contributed by atoms with Gasteiger partial charge in [-0.2, -0.15) is 0 Å². The van der Waals surface area contributed by atoms with Gasteiger partial charge in [0.05, 0.1) is 12.1 Å². The van der Waals surface area contributed by atoms with Gasteiger partial charge in [-0.3, -0.25) is 15.1 Å². The number of allylic oxidation sites excluding steroid dienone is 1. The summed E-state index contributed by atoms with van der Waals surface area (Å²) in [5.41, 5.74) is 9.24. The normalized spacial score (nSPS) is 11.2. The van der Waals surface area contributed by atoms with E-state index in [1.165, 1.54) is 16.7 Å². The van der Waals surface area contributed by atoms with Gasteiger partial charge in [-0.05, 0) is 53.8 Å². The monoisotopic (exact) mass is 417 g/mol. The summed E-state index contributed by atoms with van der Waals surface area (Å²) < 4.78 is 5.65. The summed E-state index contributed by atoms with van der Waals surface area (Å²) in [6.07, 6.45) is 1.93. The van der Waals surface area contributed by atoms with Crippen molar-refractivity contribution in [3.8, 4) is 16.9 Å². The number of carboxylic acids is 1. The molecule has 0 aromatic heterocycles. The molecule has 0 radical (unpaired) electrons. The summed E-state index contributed by atoms with van der Waals surface area (Å²) in [7, 11) is 0. The Morgan fingerprint density at radius 1 is 1.00 bits per heavy atom. The molecule has 0 spiro atoms. The molecule has 0 fully saturated rings. The van der Waals surface area contributed by atoms with E-state index in [0.717, 1.165) is 11.3 Å². The van der Waals surface area contributed by atoms with Gasteiger partial charge in [0.2, 0.25) is 0 Å². The van der Waals surface area contributed by atoms with Crippen molar-refractivity contribution in [2.24, 2.45) is 0 Å². The van der Waals surface area contributed by atoms with Crippen LogP contribution in [0.15, 0.2) is 78.9 Å². The smallest absolute Gasteiger partial charge is 0.307 e. The molecule has 0 unspecified atom stereocenters. The molecule has 5 heteroatoms. The number of aryl methyl sites for hydroxylation is 1. The van der Waals surface area contributed by atoms with Crippen molar-refractivity contribution < 1.29 is 19.5 Å². The highest BCUT2D eigenvalue weighted by molar-refractivity contribution is 5.71. The average Bonchev–Trinajstić information content (AvgIpc) is 2.77. The summed E-state index contributed by atoms with van der Waals surface area (Å²) in [5.74, 6) is -0.240. The first-order valence-corrected chi connectivity index (χ1v) is 10.2. The molecule has 3 rings (SSSR count). The summed E-state index contributed by atoms with van der Waals surface area (Å²) in [6, 6.07) is 23.8. The Hall–Kier alpha value is -3.57. The third kappa shape index (κ3) is 6.46. The second-order valence-corrected chi connectivity index (χ2v) is 7.11. The quantitative estimate of drug-likeness (QED) is 0.348. The van der Waals surface area contributed by atoms with Crippen LogP contribution in [0.1, 0.15) is 23.6 Å². The molecule has 0 heterocycles. The second kappa shape index (κ2) is 11.0. The van der Waals surface area contributed by atoms with E-state index in [1.807, 2.05) is 25.1 Å². The number of ether oxygens (including phenoxy) is 1. The molecule has 0 aliphatic rings. The summed E-state index contributed by atoms with van der Waals surface area (Å²) in [5, 5.41) is 8.88. The molecule has 5 nitrogen and oxygen atoms in total. The van der Waals surface area contributed by atoms with E-state index in [4.69, 9.17) is 14.7 Å². The van der Waals surface area contributed by atoms with Crippen molar-refractivity contribution in [2.75, 3.05) is 13.2 Å². The standard InChI is InChI=1S/C26H27NO4/c1-3-25(22-13-11-21(12-14-22)24-10-5-4-7-19(24)2)27-31-16-15-30-23-9-6-8-20(17-23)18-26(28)29/h3-14,17,27H,15-16,18H2,1-2H3,(H,28,29). The Balaban J connectivity index is 1.49. The lowest BCUT2D eigenvalue weighted by Crippen LogP contribution is -2.17. The Kier molecular flexibility index (Phi) is 7.85. The Labute approximate surface area is 182 Å². The van der Waals surface area contributed by atoms with Gasteiger partial charge in [0, 0.05) is 0 Å². The van der Waals surface area contributed by atoms with Crippen molar-refractivity contribution in [3.05, 3.63) is 95.6 Å². The number of hydrogen-bond donors (Lipinski definition) is 2. The Bertz CT molecular complexity index is 1040. The van der Waals surface area contributed by atoms with Gasteiger partial charge in [-0.1, -0.05) is 66.7 Å². The molecule has 3 aromatic carbocycles. The van der Waals surface area contributed by atoms with E-state index in [-0.39, 0.29) is 6.42 Å². The lowest BCUT2D eigenvalue weighted by Gasteiger charge is -2.13. The molecular weight excluding hydrogens is 390 g/mol. The van der Waals surface area contributed by atoms with E-state index in [0.29, 0.717) is 24.5 Å². The van der Waals surface area contributed by atoms with E-state index in [1.54, 1.807) is 24.3 Å². The molecule has 0 amide bonds. The molecule has 31 heavy (non-hydrogen) atoms. The van der Waals surface area contributed by atoms with Crippen molar-refractivity contribution in [1.29, 1.82) is 0 Å². The minimum atomic E-state index is -0.865. The van der Waals surface area contributed by atoms with E-state index >= 15 is 0 Å². The van der Waals surface area contributed by atoms with E-state index < -0.39 is 5.97 Å². The molecule has 0 aliphatic heterocycles. The first-order valence-electron chi connectivity index (χ1n) is 10.2. The van der Waals surface area contributed by atoms with E-state index in [2.05, 4.69) is 48.8 Å². The topological polar surface area (TPSA) is 67.8 Å². The van der Waals surface area contributed by atoms with Crippen LogP contribution in [-0.2, 0) is 16.1 Å². The fraction of sp³-hybridized carbons (Fsp3) is 0.192. The van der Waals surface area contributed by atoms with Crippen LogP contribution in [0.4, 0.5) is 0 Å². The second-order valence-electron chi connectivity index (χ2n) is 7.11. The molecule has 0 atom stereocenters. The van der Waals surface area contributed by atoms with Crippen LogP contribution >= 0.6 is 0 Å². The molecular formula is C26H27NO4. The van der Waals surface area contributed by atoms with E-state index in [9.17, 15) is 4.79 Å². The van der Waals surface area contributed by atoms with Crippen LogP contribution in [0.3, 0.4) is 0 Å². The third-order valence-corrected chi connectivity index (χ3v) is 4.83. The lowest BCUT2D eigenvalue weighted by molar-refractivity contribution is -0.136. The van der Waals surface area contributed by atoms with Gasteiger partial charge in [-0.15, -0.1) is 0 Å². The van der Waals surface area contributed by atoms with Crippen molar-refractivity contribution >= 4 is 11.7 Å². The minimum Gasteiger partial charge on any atom is -0.491 e. The number of hydrogen-bond acceptors (Lipinski definition) is 4. The van der Waals surface area contributed by atoms with Crippen LogP contribution in [0, 0.1) is 6.92 Å². The molecule has 3 aromatic rings. The Morgan fingerprint density at radius 2 is 1.77 bits per heavy atom. The van der Waals surface area contributed by atoms with Gasteiger partial charge in [-0.25, -0.2) is 0 Å². The molecule has 160 valence electrons. The van der Waals surface area contributed by atoms with Crippen LogP contribution in [-0.4, -0.2) is 24.3 Å². The molecule has 2 N–H and O–H groups in total. The van der Waals surface area contributed by atoms with Crippen LogP contribution in [0.2, 0.25) is 0 Å². The fourth-order valence-electron chi connectivity index (χ4n) is 3.26. The highest BCUT2D eigenvalue weighted by atomic mass is 16.7. The first kappa shape index (κ1) is 22.1. The van der Waals surface area contributed by atoms with Crippen LogP contribution in [0.25, 0.3) is 16.8 Å². The number of rotatable bonds is 10. The van der Waals surface area contributed by atoms with Crippen LogP contribution < -0.4 is 10.2 Å². The Morgan fingerprint density at radius 3 is 2.48 bits per heavy atom. The predicted molar refractivity (Wildman–Crippen MR) is 123 cm³/mol. The predicted octanol–water partition coefficient (Wildman–Crippen LogP) is 5.25. The summed E-state index contributed by atoms with van der Waals surface area (Å²) >= 11 is 0. The zero-order valence-electron chi connectivity index (χ0n) is 17.8. The lowest BCUT2D eigenvalue weighted by atomic mass is 9.99. The number of hydroxylamine groups is 1. The number of carboxylic acid groups (broad SMARTS) is 1. The molecule has 0 aliphatic carbocycles. The van der Waals surface area contributed by atoms with Gasteiger partial charge in [0.1, 0.15) is 19.0 Å². The van der Waals surface area contributed by atoms with Gasteiger partial charge < -0.3 is 9.84 Å². The summed E-state index contributed by atoms with van der Waals surface area (Å²) in [4.78, 5) is 16.4. The number of carbonyl (C=O) groups is 1. The van der Waals surface area contributed by atoms with Crippen molar-refractivity contribution in [3.63, 3.8) is 0 Å². The summed E-state index contributed by atoms with van der Waals surface area (Å²) in [6.45, 7) is 4.74. The molecule has 0 bridgehead atoms. The zero-order valence-corrected chi connectivity index (χ0v) is 17.8. The van der Waals surface area contributed by atoms with Gasteiger partial charge in [0.25, 0.3) is 0 Å². The average molecular weight is 418 g/mol. The number of aliphatic carboxylic acids is 1. The maximum absolute atomic E-state index is 10.8. The minimum absolute atomic E-state index is 0.0253. The van der Waals surface area contributed by atoms with Gasteiger partial charge in [0.15, 0.2) is 0 Å². The third-order valence-electron chi connectivity index (χ3n) is 4.83. The maximum Gasteiger partial charge on any atom is 0.307 e. The SMILES string of the molecule is CC=C(NOCCOc1cccc(CC(=O)O)c1)c1ccc(-c2ccccc2C)cc1. The number of nitrogens with one attached hydrogen (secondary N) is 1. The van der Waals surface area contributed by atoms with Crippen molar-refractivity contribution in [2.45, 2.75) is 20.3 Å².